The fourth-order valence-electron chi connectivity index (χ4n) is 7.80. The molecule has 0 aliphatic carbocycles. The van der Waals surface area contributed by atoms with Crippen molar-refractivity contribution in [3.8, 4) is 33.4 Å². The van der Waals surface area contributed by atoms with Crippen LogP contribution in [0.5, 0.6) is 0 Å². The van der Waals surface area contributed by atoms with Crippen LogP contribution in [0.15, 0.2) is 200 Å². The summed E-state index contributed by atoms with van der Waals surface area (Å²) in [5.74, 6) is 0. The van der Waals surface area contributed by atoms with Crippen molar-refractivity contribution in [3.05, 3.63) is 200 Å². The Morgan fingerprint density at radius 1 is 0.327 bits per heavy atom. The van der Waals surface area contributed by atoms with Crippen LogP contribution < -0.4 is 4.90 Å². The maximum absolute atomic E-state index is 2.41. The van der Waals surface area contributed by atoms with E-state index in [1.165, 1.54) is 75.1 Å². The van der Waals surface area contributed by atoms with Crippen molar-refractivity contribution in [2.45, 2.75) is 0 Å². The van der Waals surface area contributed by atoms with Gasteiger partial charge >= 0.3 is 0 Å². The van der Waals surface area contributed by atoms with Crippen LogP contribution in [0, 0.1) is 0 Å². The molecule has 0 saturated carbocycles. The largest absolute Gasteiger partial charge is 0.310 e. The van der Waals surface area contributed by atoms with Gasteiger partial charge in [0.2, 0.25) is 0 Å². The van der Waals surface area contributed by atoms with Crippen LogP contribution in [0.25, 0.3) is 75.1 Å². The molecule has 0 bridgehead atoms. The van der Waals surface area contributed by atoms with Gasteiger partial charge in [0.1, 0.15) is 0 Å². The van der Waals surface area contributed by atoms with Crippen LogP contribution in [-0.2, 0) is 0 Å². The van der Waals surface area contributed by atoms with E-state index in [1.807, 2.05) is 11.3 Å². The molecule has 9 aromatic carbocycles. The molecular formula is C50H33NS. The Morgan fingerprint density at radius 2 is 0.904 bits per heavy atom. The van der Waals surface area contributed by atoms with E-state index in [0.717, 1.165) is 17.1 Å². The number of para-hydroxylation sites is 1. The standard InChI is InChI=1S/C50H33NS/c1-2-12-34(13-3-1)35-24-29-39(30-25-35)51(47-22-8-6-18-44(47)43-21-10-15-36-14-4-5-17-41(36)43)40-31-26-37(27-32-40)42-20-11-16-38-28-33-46-45-19-7-9-23-48(45)52-50(46)49(38)42/h1-33H. The summed E-state index contributed by atoms with van der Waals surface area (Å²) in [5.41, 5.74) is 10.6. The number of hydrogen-bond donors (Lipinski definition) is 0. The molecule has 10 aromatic rings. The number of thiophene rings is 1. The van der Waals surface area contributed by atoms with Gasteiger partial charge in [-0.1, -0.05) is 164 Å². The minimum Gasteiger partial charge on any atom is -0.310 e. The molecule has 0 atom stereocenters. The first-order valence-corrected chi connectivity index (χ1v) is 18.6. The maximum Gasteiger partial charge on any atom is 0.0540 e. The molecule has 0 spiro atoms. The van der Waals surface area contributed by atoms with E-state index in [1.54, 1.807) is 0 Å². The van der Waals surface area contributed by atoms with E-state index in [0.29, 0.717) is 0 Å². The summed E-state index contributed by atoms with van der Waals surface area (Å²) < 4.78 is 2.68. The average molecular weight is 680 g/mol. The normalized spacial score (nSPS) is 11.5. The van der Waals surface area contributed by atoms with Gasteiger partial charge in [0, 0.05) is 42.5 Å². The third kappa shape index (κ3) is 5.16. The molecule has 1 heterocycles. The van der Waals surface area contributed by atoms with Gasteiger partial charge in [-0.25, -0.2) is 0 Å². The molecule has 1 nitrogen and oxygen atoms in total. The highest BCUT2D eigenvalue weighted by atomic mass is 32.1. The Morgan fingerprint density at radius 3 is 1.71 bits per heavy atom. The monoisotopic (exact) mass is 679 g/mol. The van der Waals surface area contributed by atoms with Gasteiger partial charge in [-0.05, 0) is 80.4 Å². The molecule has 52 heavy (non-hydrogen) atoms. The highest BCUT2D eigenvalue weighted by Crippen LogP contribution is 2.45. The van der Waals surface area contributed by atoms with Crippen LogP contribution in [0.3, 0.4) is 0 Å². The molecule has 1 aromatic heterocycles. The Kier molecular flexibility index (Phi) is 7.41. The third-order valence-electron chi connectivity index (χ3n) is 10.3. The molecule has 0 N–H and O–H groups in total. The van der Waals surface area contributed by atoms with Crippen LogP contribution >= 0.6 is 11.3 Å². The molecule has 0 unspecified atom stereocenters. The topological polar surface area (TPSA) is 3.24 Å². The molecule has 0 fully saturated rings. The predicted octanol–water partition coefficient (Wildman–Crippen LogP) is 14.8. The number of anilines is 3. The summed E-state index contributed by atoms with van der Waals surface area (Å²) in [6.07, 6.45) is 0. The van der Waals surface area contributed by atoms with E-state index < -0.39 is 0 Å². The van der Waals surface area contributed by atoms with Gasteiger partial charge in [-0.2, -0.15) is 0 Å². The lowest BCUT2D eigenvalue weighted by molar-refractivity contribution is 1.28. The van der Waals surface area contributed by atoms with E-state index in [9.17, 15) is 0 Å². The van der Waals surface area contributed by atoms with Gasteiger partial charge < -0.3 is 4.90 Å². The smallest absolute Gasteiger partial charge is 0.0540 e. The maximum atomic E-state index is 2.41. The van der Waals surface area contributed by atoms with E-state index in [2.05, 4.69) is 205 Å². The first kappa shape index (κ1) is 30.4. The summed E-state index contributed by atoms with van der Waals surface area (Å²) >= 11 is 1.89. The van der Waals surface area contributed by atoms with Crippen LogP contribution in [-0.4, -0.2) is 0 Å². The summed E-state index contributed by atoms with van der Waals surface area (Å²) in [6.45, 7) is 0. The second-order valence-corrected chi connectivity index (χ2v) is 14.3. The average Bonchev–Trinajstić information content (AvgIpc) is 3.61. The van der Waals surface area contributed by atoms with Gasteiger partial charge in [0.25, 0.3) is 0 Å². The van der Waals surface area contributed by atoms with Gasteiger partial charge in [0.05, 0.1) is 5.69 Å². The molecule has 0 saturated heterocycles. The fraction of sp³-hybridized carbons (Fsp3) is 0. The van der Waals surface area contributed by atoms with Crippen LogP contribution in [0.1, 0.15) is 0 Å². The quantitative estimate of drug-likeness (QED) is 0.169. The van der Waals surface area contributed by atoms with E-state index >= 15 is 0 Å². The fourth-order valence-corrected chi connectivity index (χ4v) is 9.07. The molecule has 0 radical (unpaired) electrons. The highest BCUT2D eigenvalue weighted by Gasteiger charge is 2.19. The summed E-state index contributed by atoms with van der Waals surface area (Å²) in [5, 5.41) is 7.73. The lowest BCUT2D eigenvalue weighted by Crippen LogP contribution is -2.11. The van der Waals surface area contributed by atoms with Crippen molar-refractivity contribution in [1.82, 2.24) is 0 Å². The van der Waals surface area contributed by atoms with Crippen molar-refractivity contribution >= 4 is 70.1 Å². The summed E-state index contributed by atoms with van der Waals surface area (Å²) in [7, 11) is 0. The van der Waals surface area contributed by atoms with Crippen molar-refractivity contribution in [3.63, 3.8) is 0 Å². The summed E-state index contributed by atoms with van der Waals surface area (Å²) in [4.78, 5) is 2.41. The zero-order valence-corrected chi connectivity index (χ0v) is 29.2. The zero-order chi connectivity index (χ0) is 34.4. The molecular weight excluding hydrogens is 647 g/mol. The lowest BCUT2D eigenvalue weighted by atomic mass is 9.95. The first-order chi connectivity index (χ1) is 25.8. The molecule has 0 aliphatic heterocycles. The van der Waals surface area contributed by atoms with Gasteiger partial charge in [0.15, 0.2) is 0 Å². The van der Waals surface area contributed by atoms with E-state index in [-0.39, 0.29) is 0 Å². The zero-order valence-electron chi connectivity index (χ0n) is 28.4. The van der Waals surface area contributed by atoms with E-state index in [4.69, 9.17) is 0 Å². The SMILES string of the molecule is c1ccc(-c2ccc(N(c3ccc(-c4cccc5ccc6c7ccccc7sc6c45)cc3)c3ccccc3-c3cccc4ccccc34)cc2)cc1. The number of nitrogens with zero attached hydrogens (tertiary/aromatic N) is 1. The van der Waals surface area contributed by atoms with Crippen molar-refractivity contribution in [2.24, 2.45) is 0 Å². The second kappa shape index (κ2) is 12.7. The molecule has 0 aliphatic rings. The number of benzene rings is 9. The minimum absolute atomic E-state index is 1.11. The summed E-state index contributed by atoms with van der Waals surface area (Å²) in [6, 6.07) is 72.8. The predicted molar refractivity (Wildman–Crippen MR) is 225 cm³/mol. The Labute approximate surface area is 307 Å². The molecule has 0 amide bonds. The minimum atomic E-state index is 1.11. The van der Waals surface area contributed by atoms with Crippen LogP contribution in [0.2, 0.25) is 0 Å². The Hall–Kier alpha value is -6.48. The lowest BCUT2D eigenvalue weighted by Gasteiger charge is -2.28. The first-order valence-electron chi connectivity index (χ1n) is 17.8. The highest BCUT2D eigenvalue weighted by molar-refractivity contribution is 7.26. The third-order valence-corrected chi connectivity index (χ3v) is 11.5. The van der Waals surface area contributed by atoms with Crippen molar-refractivity contribution in [2.75, 3.05) is 4.90 Å². The molecule has 2 heteroatoms. The number of hydrogen-bond acceptors (Lipinski definition) is 2. The van der Waals surface area contributed by atoms with Gasteiger partial charge in [-0.3, -0.25) is 0 Å². The van der Waals surface area contributed by atoms with Crippen molar-refractivity contribution in [1.29, 1.82) is 0 Å². The Bertz CT molecular complexity index is 2880. The Balaban J connectivity index is 1.14. The molecule has 244 valence electrons. The number of fused-ring (bicyclic) bond motifs is 6. The van der Waals surface area contributed by atoms with Gasteiger partial charge in [-0.15, -0.1) is 11.3 Å². The molecule has 10 rings (SSSR count). The number of rotatable bonds is 6. The second-order valence-electron chi connectivity index (χ2n) is 13.3. The van der Waals surface area contributed by atoms with Crippen LogP contribution in [0.4, 0.5) is 17.1 Å². The van der Waals surface area contributed by atoms with Crippen molar-refractivity contribution < 1.29 is 0 Å².